The molecule has 4 rings (SSSR count). The Morgan fingerprint density at radius 1 is 1.21 bits per heavy atom. The summed E-state index contributed by atoms with van der Waals surface area (Å²) in [5, 5.41) is 23.3. The second kappa shape index (κ2) is 7.21. The van der Waals surface area contributed by atoms with Crippen LogP contribution in [0.3, 0.4) is 0 Å². The average molecular weight is 380 g/mol. The van der Waals surface area contributed by atoms with Crippen molar-refractivity contribution < 1.29 is 9.84 Å². The number of rotatable bonds is 5. The van der Waals surface area contributed by atoms with Crippen molar-refractivity contribution in [2.45, 2.75) is 64.0 Å². The number of benzene rings is 1. The summed E-state index contributed by atoms with van der Waals surface area (Å²) in [6, 6.07) is 6.06. The fourth-order valence-corrected chi connectivity index (χ4v) is 4.42. The summed E-state index contributed by atoms with van der Waals surface area (Å²) in [6.07, 6.45) is 6.22. The van der Waals surface area contributed by atoms with Crippen LogP contribution in [0.2, 0.25) is 0 Å². The van der Waals surface area contributed by atoms with Gasteiger partial charge in [-0.25, -0.2) is 0 Å². The molecule has 1 aromatic heterocycles. The van der Waals surface area contributed by atoms with Crippen molar-refractivity contribution in [1.82, 2.24) is 10.2 Å². The van der Waals surface area contributed by atoms with Crippen molar-refractivity contribution in [1.29, 1.82) is 0 Å². The van der Waals surface area contributed by atoms with Crippen LogP contribution in [0.15, 0.2) is 24.8 Å². The number of nitrogens with one attached hydrogen (secondary N) is 1. The molecule has 5 nitrogen and oxygen atoms in total. The highest BCUT2D eigenvalue weighted by Gasteiger charge is 2.41. The minimum atomic E-state index is -0.0259. The monoisotopic (exact) mass is 379 g/mol. The molecule has 5 heteroatoms. The normalized spacial score (nSPS) is 23.6. The highest BCUT2D eigenvalue weighted by molar-refractivity contribution is 5.76. The number of phenols is 1. The van der Waals surface area contributed by atoms with Gasteiger partial charge >= 0.3 is 0 Å². The van der Waals surface area contributed by atoms with Gasteiger partial charge < -0.3 is 15.2 Å². The highest BCUT2D eigenvalue weighted by atomic mass is 16.5. The van der Waals surface area contributed by atoms with Crippen LogP contribution >= 0.6 is 0 Å². The van der Waals surface area contributed by atoms with Crippen molar-refractivity contribution in [3.8, 4) is 17.0 Å². The molecular weight excluding hydrogens is 350 g/mol. The summed E-state index contributed by atoms with van der Waals surface area (Å²) in [6.45, 7) is 8.03. The van der Waals surface area contributed by atoms with Crippen LogP contribution in [0, 0.1) is 0 Å². The maximum absolute atomic E-state index is 10.6. The van der Waals surface area contributed by atoms with Gasteiger partial charge in [-0.2, -0.15) is 0 Å². The quantitative estimate of drug-likeness (QED) is 0.785. The molecule has 0 unspecified atom stereocenters. The van der Waals surface area contributed by atoms with E-state index in [4.69, 9.17) is 4.74 Å². The van der Waals surface area contributed by atoms with Crippen LogP contribution in [0.4, 0.5) is 5.82 Å². The number of hydrogen-bond donors (Lipinski definition) is 2. The summed E-state index contributed by atoms with van der Waals surface area (Å²) in [5.41, 5.74) is 5.87. The Kier molecular flexibility index (Phi) is 4.88. The Labute approximate surface area is 166 Å². The molecule has 2 aliphatic rings. The number of aromatic nitrogens is 2. The zero-order chi connectivity index (χ0) is 19.9. The van der Waals surface area contributed by atoms with Gasteiger partial charge in [-0.05, 0) is 75.6 Å². The molecule has 2 aromatic rings. The van der Waals surface area contributed by atoms with E-state index in [-0.39, 0.29) is 11.4 Å². The van der Waals surface area contributed by atoms with Crippen molar-refractivity contribution in [2.24, 2.45) is 0 Å². The molecule has 1 aromatic carbocycles. The molecule has 0 atom stereocenters. The Morgan fingerprint density at radius 2 is 1.93 bits per heavy atom. The number of phenolic OH excluding ortho intramolecular Hbond substituents is 1. The van der Waals surface area contributed by atoms with Crippen molar-refractivity contribution in [3.05, 3.63) is 41.5 Å². The molecule has 28 heavy (non-hydrogen) atoms. The first-order valence-electron chi connectivity index (χ1n) is 10.1. The van der Waals surface area contributed by atoms with Gasteiger partial charge in [0.25, 0.3) is 0 Å². The van der Waals surface area contributed by atoms with E-state index >= 15 is 0 Å². The van der Waals surface area contributed by atoms with E-state index in [2.05, 4.69) is 29.0 Å². The fourth-order valence-electron chi connectivity index (χ4n) is 4.42. The molecule has 0 saturated heterocycles. The summed E-state index contributed by atoms with van der Waals surface area (Å²) in [7, 11) is 1.78. The van der Waals surface area contributed by atoms with Crippen LogP contribution in [0.5, 0.6) is 5.75 Å². The first-order chi connectivity index (χ1) is 13.4. The maximum Gasteiger partial charge on any atom is 0.152 e. The number of aromatic hydroxyl groups is 1. The molecule has 1 saturated carbocycles. The molecule has 148 valence electrons. The first kappa shape index (κ1) is 18.9. The van der Waals surface area contributed by atoms with Crippen molar-refractivity contribution in [2.75, 3.05) is 12.4 Å². The average Bonchev–Trinajstić information content (AvgIpc) is 2.67. The van der Waals surface area contributed by atoms with Crippen LogP contribution < -0.4 is 5.32 Å². The third kappa shape index (κ3) is 3.39. The fraction of sp³-hybridized carbons (Fsp3) is 0.478. The predicted molar refractivity (Wildman–Crippen MR) is 113 cm³/mol. The van der Waals surface area contributed by atoms with Gasteiger partial charge in [-0.3, -0.25) is 0 Å². The van der Waals surface area contributed by atoms with E-state index in [1.54, 1.807) is 13.2 Å². The number of allylic oxidation sites excluding steroid dienone is 1. The number of hydrogen-bond acceptors (Lipinski definition) is 5. The van der Waals surface area contributed by atoms with E-state index in [0.29, 0.717) is 6.04 Å². The minimum Gasteiger partial charge on any atom is -0.507 e. The van der Waals surface area contributed by atoms with Crippen molar-refractivity contribution in [3.63, 3.8) is 0 Å². The summed E-state index contributed by atoms with van der Waals surface area (Å²) < 4.78 is 5.56. The number of methoxy groups -OCH3 is 1. The zero-order valence-corrected chi connectivity index (χ0v) is 17.0. The van der Waals surface area contributed by atoms with Gasteiger partial charge in [0.1, 0.15) is 11.4 Å². The highest BCUT2D eigenvalue weighted by Crippen LogP contribution is 2.40. The van der Waals surface area contributed by atoms with Gasteiger partial charge in [0.15, 0.2) is 5.82 Å². The molecule has 1 heterocycles. The third-order valence-corrected chi connectivity index (χ3v) is 6.23. The van der Waals surface area contributed by atoms with Crippen LogP contribution in [-0.2, 0) is 17.6 Å². The lowest BCUT2D eigenvalue weighted by Crippen LogP contribution is -2.50. The number of nitrogens with zero attached hydrogens (tertiary/aromatic N) is 2. The van der Waals surface area contributed by atoms with Gasteiger partial charge in [-0.1, -0.05) is 18.2 Å². The predicted octanol–water partition coefficient (Wildman–Crippen LogP) is 4.74. The van der Waals surface area contributed by atoms with E-state index in [9.17, 15) is 5.11 Å². The molecular formula is C23H29N3O2. The Morgan fingerprint density at radius 3 is 2.57 bits per heavy atom. The van der Waals surface area contributed by atoms with Crippen LogP contribution in [0.1, 0.15) is 56.2 Å². The number of anilines is 1. The molecule has 2 N–H and O–H groups in total. The maximum atomic E-state index is 10.6. The summed E-state index contributed by atoms with van der Waals surface area (Å²) in [4.78, 5) is 0. The summed E-state index contributed by atoms with van der Waals surface area (Å²) >= 11 is 0. The lowest BCUT2D eigenvalue weighted by molar-refractivity contribution is -0.0625. The van der Waals surface area contributed by atoms with Gasteiger partial charge in [0, 0.05) is 24.3 Å². The van der Waals surface area contributed by atoms with Gasteiger partial charge in [-0.15, -0.1) is 10.2 Å². The molecule has 2 aliphatic carbocycles. The molecule has 0 bridgehead atoms. The van der Waals surface area contributed by atoms with Gasteiger partial charge in [0.05, 0.1) is 5.60 Å². The lowest BCUT2D eigenvalue weighted by atomic mass is 9.77. The standard InChI is InChI=1S/C23H29N3O2/c1-14(2)15-9-10-19(20(27)11-15)21-17-7-5-6-8-18(17)22(26-25-21)24-16-12-23(3,13-16)28-4/h9-11,16,27H,1,5-8,12-13H2,2-4H3,(H,24,26). The second-order valence-electron chi connectivity index (χ2n) is 8.48. The van der Waals surface area contributed by atoms with Gasteiger partial charge in [0.2, 0.25) is 0 Å². The summed E-state index contributed by atoms with van der Waals surface area (Å²) in [5.74, 6) is 1.14. The van der Waals surface area contributed by atoms with E-state index in [1.807, 2.05) is 19.1 Å². The molecule has 0 spiro atoms. The Hall–Kier alpha value is -2.40. The van der Waals surface area contributed by atoms with E-state index in [0.717, 1.165) is 66.7 Å². The van der Waals surface area contributed by atoms with E-state index < -0.39 is 0 Å². The Bertz CT molecular complexity index is 916. The third-order valence-electron chi connectivity index (χ3n) is 6.23. The largest absolute Gasteiger partial charge is 0.507 e. The zero-order valence-electron chi connectivity index (χ0n) is 17.0. The van der Waals surface area contributed by atoms with E-state index in [1.165, 1.54) is 11.1 Å². The number of ether oxygens (including phenoxy) is 1. The SMILES string of the molecule is C=C(C)c1ccc(-c2nnc(NC3CC(C)(OC)C3)c3c2CCCC3)c(O)c1. The smallest absolute Gasteiger partial charge is 0.152 e. The van der Waals surface area contributed by atoms with Crippen LogP contribution in [0.25, 0.3) is 16.8 Å². The number of fused-ring (bicyclic) bond motifs is 1. The first-order valence-corrected chi connectivity index (χ1v) is 10.1. The topological polar surface area (TPSA) is 67.3 Å². The minimum absolute atomic E-state index is 0.0259. The van der Waals surface area contributed by atoms with Crippen LogP contribution in [-0.4, -0.2) is 34.1 Å². The second-order valence-corrected chi connectivity index (χ2v) is 8.48. The molecule has 0 radical (unpaired) electrons. The molecule has 0 aliphatic heterocycles. The lowest BCUT2D eigenvalue weighted by Gasteiger charge is -2.44. The molecule has 0 amide bonds. The Balaban J connectivity index is 1.66. The van der Waals surface area contributed by atoms with Crippen molar-refractivity contribution >= 4 is 11.4 Å². The molecule has 1 fully saturated rings.